The van der Waals surface area contributed by atoms with Crippen molar-refractivity contribution in [3.8, 4) is 5.75 Å². The molecule has 1 N–H and O–H groups in total. The van der Waals surface area contributed by atoms with Gasteiger partial charge in [-0.05, 0) is 55.6 Å². The van der Waals surface area contributed by atoms with E-state index in [0.29, 0.717) is 29.6 Å². The summed E-state index contributed by atoms with van der Waals surface area (Å²) in [6.45, 7) is 1.23. The van der Waals surface area contributed by atoms with Gasteiger partial charge in [0, 0.05) is 17.3 Å². The molecule has 0 fully saturated rings. The SMILES string of the molecule is CN(CCOc1ccc(F)cc1)CC(=O)Nc1ccc(Cl)cc1. The van der Waals surface area contributed by atoms with Gasteiger partial charge in [-0.2, -0.15) is 0 Å². The topological polar surface area (TPSA) is 41.6 Å². The van der Waals surface area contributed by atoms with Gasteiger partial charge in [-0.1, -0.05) is 11.6 Å². The summed E-state index contributed by atoms with van der Waals surface area (Å²) < 4.78 is 18.3. The van der Waals surface area contributed by atoms with Crippen molar-refractivity contribution < 1.29 is 13.9 Å². The molecule has 0 aliphatic heterocycles. The molecular weight excluding hydrogens is 319 g/mol. The number of ether oxygens (including phenoxy) is 1. The van der Waals surface area contributed by atoms with Gasteiger partial charge < -0.3 is 10.1 Å². The predicted molar refractivity (Wildman–Crippen MR) is 89.5 cm³/mol. The highest BCUT2D eigenvalue weighted by Gasteiger charge is 2.07. The first-order valence-corrected chi connectivity index (χ1v) is 7.53. The Hall–Kier alpha value is -2.11. The van der Waals surface area contributed by atoms with Crippen LogP contribution >= 0.6 is 11.6 Å². The number of halogens is 2. The largest absolute Gasteiger partial charge is 0.492 e. The number of hydrogen-bond donors (Lipinski definition) is 1. The van der Waals surface area contributed by atoms with Crippen molar-refractivity contribution in [1.29, 1.82) is 0 Å². The predicted octanol–water partition coefficient (Wildman–Crippen LogP) is 3.43. The lowest BCUT2D eigenvalue weighted by Gasteiger charge is -2.16. The summed E-state index contributed by atoms with van der Waals surface area (Å²) in [5, 5.41) is 3.42. The van der Waals surface area contributed by atoms with E-state index in [1.165, 1.54) is 12.1 Å². The van der Waals surface area contributed by atoms with Gasteiger partial charge in [-0.25, -0.2) is 4.39 Å². The molecule has 23 heavy (non-hydrogen) atoms. The minimum atomic E-state index is -0.298. The van der Waals surface area contributed by atoms with Gasteiger partial charge in [0.2, 0.25) is 5.91 Å². The average Bonchev–Trinajstić information content (AvgIpc) is 2.51. The van der Waals surface area contributed by atoms with Crippen LogP contribution in [-0.4, -0.2) is 37.6 Å². The summed E-state index contributed by atoms with van der Waals surface area (Å²) in [7, 11) is 1.83. The molecule has 0 saturated heterocycles. The molecule has 1 amide bonds. The molecule has 2 aromatic carbocycles. The van der Waals surface area contributed by atoms with Gasteiger partial charge in [0.05, 0.1) is 6.54 Å². The summed E-state index contributed by atoms with van der Waals surface area (Å²) in [5.41, 5.74) is 0.704. The number of anilines is 1. The van der Waals surface area contributed by atoms with Crippen LogP contribution in [0.1, 0.15) is 0 Å². The zero-order valence-corrected chi connectivity index (χ0v) is 13.5. The molecule has 0 aromatic heterocycles. The van der Waals surface area contributed by atoms with E-state index in [1.54, 1.807) is 36.4 Å². The van der Waals surface area contributed by atoms with Crippen LogP contribution in [0, 0.1) is 5.82 Å². The van der Waals surface area contributed by atoms with E-state index in [2.05, 4.69) is 5.32 Å². The van der Waals surface area contributed by atoms with Crippen molar-refractivity contribution in [2.75, 3.05) is 32.1 Å². The van der Waals surface area contributed by atoms with Crippen molar-refractivity contribution >= 4 is 23.2 Å². The van der Waals surface area contributed by atoms with Crippen LogP contribution in [0.2, 0.25) is 5.02 Å². The lowest BCUT2D eigenvalue weighted by Crippen LogP contribution is -2.33. The minimum Gasteiger partial charge on any atom is -0.492 e. The number of nitrogens with one attached hydrogen (secondary N) is 1. The minimum absolute atomic E-state index is 0.114. The maximum absolute atomic E-state index is 12.8. The molecule has 2 rings (SSSR count). The third-order valence-electron chi connectivity index (χ3n) is 3.10. The number of nitrogens with zero attached hydrogens (tertiary/aromatic N) is 1. The fraction of sp³-hybridized carbons (Fsp3) is 0.235. The lowest BCUT2D eigenvalue weighted by atomic mass is 10.3. The van der Waals surface area contributed by atoms with E-state index in [4.69, 9.17) is 16.3 Å². The van der Waals surface area contributed by atoms with Gasteiger partial charge in [-0.15, -0.1) is 0 Å². The van der Waals surface area contributed by atoms with Gasteiger partial charge in [0.1, 0.15) is 18.2 Å². The number of likely N-dealkylation sites (N-methyl/N-ethyl adjacent to an activating group) is 1. The van der Waals surface area contributed by atoms with Crippen LogP contribution < -0.4 is 10.1 Å². The van der Waals surface area contributed by atoms with E-state index in [1.807, 2.05) is 11.9 Å². The van der Waals surface area contributed by atoms with E-state index >= 15 is 0 Å². The summed E-state index contributed by atoms with van der Waals surface area (Å²) in [6, 6.07) is 12.8. The third-order valence-corrected chi connectivity index (χ3v) is 3.35. The molecule has 0 aliphatic rings. The Kier molecular flexibility index (Phi) is 6.38. The molecule has 4 nitrogen and oxygen atoms in total. The zero-order chi connectivity index (χ0) is 16.7. The second-order valence-electron chi connectivity index (χ2n) is 5.10. The number of carbonyl (C=O) groups excluding carboxylic acids is 1. The summed E-state index contributed by atoms with van der Waals surface area (Å²) >= 11 is 5.79. The van der Waals surface area contributed by atoms with E-state index in [9.17, 15) is 9.18 Å². The second-order valence-corrected chi connectivity index (χ2v) is 5.53. The average molecular weight is 337 g/mol. The lowest BCUT2D eigenvalue weighted by molar-refractivity contribution is -0.117. The number of rotatable bonds is 7. The first-order valence-electron chi connectivity index (χ1n) is 7.15. The van der Waals surface area contributed by atoms with E-state index in [0.717, 1.165) is 0 Å². The third kappa shape index (κ3) is 6.26. The Morgan fingerprint density at radius 1 is 1.17 bits per heavy atom. The molecule has 0 aliphatic carbocycles. The molecule has 122 valence electrons. The Morgan fingerprint density at radius 3 is 2.48 bits per heavy atom. The Balaban J connectivity index is 1.69. The van der Waals surface area contributed by atoms with Gasteiger partial charge in [0.15, 0.2) is 0 Å². The Bertz CT molecular complexity index is 632. The number of benzene rings is 2. The number of hydrogen-bond acceptors (Lipinski definition) is 3. The highest BCUT2D eigenvalue weighted by molar-refractivity contribution is 6.30. The fourth-order valence-corrected chi connectivity index (χ4v) is 2.03. The molecule has 0 bridgehead atoms. The van der Waals surface area contributed by atoms with Crippen LogP contribution in [-0.2, 0) is 4.79 Å². The van der Waals surface area contributed by atoms with Crippen LogP contribution in [0.25, 0.3) is 0 Å². The van der Waals surface area contributed by atoms with Crippen LogP contribution in [0.3, 0.4) is 0 Å². The first-order chi connectivity index (χ1) is 11.0. The molecule has 0 atom stereocenters. The van der Waals surface area contributed by atoms with E-state index < -0.39 is 0 Å². The first kappa shape index (κ1) is 17.2. The van der Waals surface area contributed by atoms with Gasteiger partial charge in [0.25, 0.3) is 0 Å². The second kappa shape index (κ2) is 8.50. The Morgan fingerprint density at radius 2 is 1.83 bits per heavy atom. The van der Waals surface area contributed by atoms with Crippen LogP contribution in [0.4, 0.5) is 10.1 Å². The number of carbonyl (C=O) groups is 1. The van der Waals surface area contributed by atoms with Crippen LogP contribution in [0.5, 0.6) is 5.75 Å². The van der Waals surface area contributed by atoms with Crippen LogP contribution in [0.15, 0.2) is 48.5 Å². The highest BCUT2D eigenvalue weighted by atomic mass is 35.5. The normalized spacial score (nSPS) is 10.6. The molecule has 0 spiro atoms. The van der Waals surface area contributed by atoms with Crippen molar-refractivity contribution in [2.24, 2.45) is 0 Å². The van der Waals surface area contributed by atoms with Gasteiger partial charge >= 0.3 is 0 Å². The molecule has 0 radical (unpaired) electrons. The molecule has 2 aromatic rings. The van der Waals surface area contributed by atoms with Crippen molar-refractivity contribution in [3.63, 3.8) is 0 Å². The summed E-state index contributed by atoms with van der Waals surface area (Å²) in [6.07, 6.45) is 0. The molecule has 0 heterocycles. The number of amides is 1. The maximum Gasteiger partial charge on any atom is 0.238 e. The summed E-state index contributed by atoms with van der Waals surface area (Å²) in [5.74, 6) is 0.190. The molecular formula is C17H18ClFN2O2. The van der Waals surface area contributed by atoms with Crippen molar-refractivity contribution in [2.45, 2.75) is 0 Å². The quantitative estimate of drug-likeness (QED) is 0.842. The molecule has 0 saturated carbocycles. The summed E-state index contributed by atoms with van der Waals surface area (Å²) in [4.78, 5) is 13.8. The monoisotopic (exact) mass is 336 g/mol. The zero-order valence-electron chi connectivity index (χ0n) is 12.8. The molecule has 6 heteroatoms. The standard InChI is InChI=1S/C17H18ClFN2O2/c1-21(10-11-23-16-8-4-14(19)5-9-16)12-17(22)20-15-6-2-13(18)3-7-15/h2-9H,10-12H2,1H3,(H,20,22). The van der Waals surface area contributed by atoms with Gasteiger partial charge in [-0.3, -0.25) is 9.69 Å². The Labute approximate surface area is 139 Å². The molecule has 0 unspecified atom stereocenters. The van der Waals surface area contributed by atoms with Crippen molar-refractivity contribution in [1.82, 2.24) is 4.90 Å². The van der Waals surface area contributed by atoms with Crippen molar-refractivity contribution in [3.05, 3.63) is 59.4 Å². The smallest absolute Gasteiger partial charge is 0.238 e. The van der Waals surface area contributed by atoms with E-state index in [-0.39, 0.29) is 18.3 Å². The highest BCUT2D eigenvalue weighted by Crippen LogP contribution is 2.13. The fourth-order valence-electron chi connectivity index (χ4n) is 1.91. The maximum atomic E-state index is 12.8.